The number of carbonyl (C=O) groups excluding carboxylic acids is 1. The maximum atomic E-state index is 12.0. The first-order valence-electron chi connectivity index (χ1n) is 33.1. The first-order chi connectivity index (χ1) is 47.9. The van der Waals surface area contributed by atoms with E-state index in [-0.39, 0.29) is 32.5 Å². The van der Waals surface area contributed by atoms with E-state index in [1.807, 2.05) is 0 Å². The van der Waals surface area contributed by atoms with Crippen LogP contribution in [0, 0.1) is 5.92 Å². The highest BCUT2D eigenvalue weighted by atomic mass is 16.8. The zero-order valence-electron chi connectivity index (χ0n) is 54.2. The van der Waals surface area contributed by atoms with E-state index in [0.29, 0.717) is 31.1 Å². The molecule has 0 spiro atoms. The van der Waals surface area contributed by atoms with Crippen LogP contribution in [0.3, 0.4) is 0 Å². The maximum absolute atomic E-state index is 12.0. The number of carbonyl (C=O) groups is 1. The summed E-state index contributed by atoms with van der Waals surface area (Å²) in [4.78, 5) is 12.0. The minimum absolute atomic E-state index is 0.0699. The zero-order chi connectivity index (χ0) is 74.0. The first kappa shape index (κ1) is 84.4. The highest BCUT2D eigenvalue weighted by Gasteiger charge is 2.54. The van der Waals surface area contributed by atoms with Gasteiger partial charge < -0.3 is 204 Å². The van der Waals surface area contributed by atoms with Crippen LogP contribution in [0.25, 0.3) is 0 Å². The van der Waals surface area contributed by atoms with Crippen LogP contribution in [0.2, 0.25) is 0 Å². The van der Waals surface area contributed by atoms with Crippen molar-refractivity contribution in [1.29, 1.82) is 0 Å². The molecule has 8 fully saturated rings. The fourth-order valence-corrected chi connectivity index (χ4v) is 12.6. The van der Waals surface area contributed by atoms with Crippen LogP contribution in [0.4, 0.5) is 0 Å². The quantitative estimate of drug-likeness (QED) is 0.0169. The molecule has 8 rings (SSSR count). The molecule has 0 bridgehead atoms. The summed E-state index contributed by atoms with van der Waals surface area (Å²) in [5, 5.41) is 273. The number of hydrogen-bond acceptors (Lipinski definition) is 42. The van der Waals surface area contributed by atoms with Crippen molar-refractivity contribution < 1.29 is 209 Å². The van der Waals surface area contributed by atoms with E-state index in [9.17, 15) is 138 Å². The number of hydrogen-bond donors (Lipinski definition) is 26. The molecule has 0 aromatic carbocycles. The van der Waals surface area contributed by atoms with Crippen molar-refractivity contribution >= 4 is 6.29 Å². The van der Waals surface area contributed by atoms with Gasteiger partial charge in [0.1, 0.15) is 189 Å². The predicted octanol–water partition coefficient (Wildman–Crippen LogP) is -15.7. The Morgan fingerprint density at radius 3 is 0.871 bits per heavy atom. The normalized spacial score (nSPS) is 48.8. The molecule has 40 atom stereocenters. The van der Waals surface area contributed by atoms with Crippen LogP contribution in [-0.4, -0.2) is 444 Å². The van der Waals surface area contributed by atoms with Gasteiger partial charge >= 0.3 is 0 Å². The minimum Gasteiger partial charge on any atom is -0.394 e. The van der Waals surface area contributed by atoms with Gasteiger partial charge in [0, 0.05) is 12.5 Å². The van der Waals surface area contributed by atoms with Gasteiger partial charge in [0.2, 0.25) is 0 Å². The van der Waals surface area contributed by atoms with Gasteiger partial charge in [0.25, 0.3) is 0 Å². The van der Waals surface area contributed by atoms with Crippen LogP contribution in [0.5, 0.6) is 0 Å². The lowest BCUT2D eigenvalue weighted by molar-refractivity contribution is -0.347. The largest absolute Gasteiger partial charge is 0.394 e. The molecule has 1 aliphatic carbocycles. The number of allylic oxidation sites excluding steroid dienone is 2. The Hall–Kier alpha value is -2.23. The second-order valence-electron chi connectivity index (χ2n) is 26.2. The molecule has 0 aromatic rings. The molecule has 7 heterocycles. The van der Waals surface area contributed by atoms with E-state index < -0.39 is 298 Å². The molecule has 0 radical (unpaired) electrons. The van der Waals surface area contributed by atoms with E-state index in [2.05, 4.69) is 0 Å². The van der Waals surface area contributed by atoms with Gasteiger partial charge in [0.05, 0.1) is 71.7 Å². The van der Waals surface area contributed by atoms with Crippen molar-refractivity contribution in [3.63, 3.8) is 0 Å². The molecule has 42 nitrogen and oxygen atoms in total. The van der Waals surface area contributed by atoms with Crippen LogP contribution in [0.15, 0.2) is 11.6 Å². The number of aliphatic hydroxyl groups excluding tert-OH is 26. The van der Waals surface area contributed by atoms with Crippen LogP contribution in [0.1, 0.15) is 38.5 Å². The summed E-state index contributed by atoms with van der Waals surface area (Å²) in [6, 6.07) is 0. The number of aliphatic hydroxyl groups is 26. The maximum Gasteiger partial charge on any atom is 0.186 e. The van der Waals surface area contributed by atoms with E-state index >= 15 is 0 Å². The average molecular weight is 1480 g/mol. The van der Waals surface area contributed by atoms with Gasteiger partial charge in [0.15, 0.2) is 44.0 Å². The lowest BCUT2D eigenvalue weighted by Crippen LogP contribution is -2.63. The van der Waals surface area contributed by atoms with Crippen LogP contribution >= 0.6 is 0 Å². The lowest BCUT2D eigenvalue weighted by atomic mass is 9.81. The van der Waals surface area contributed by atoms with Crippen molar-refractivity contribution in [1.82, 2.24) is 0 Å². The van der Waals surface area contributed by atoms with Gasteiger partial charge in [-0.2, -0.15) is 0 Å². The smallest absolute Gasteiger partial charge is 0.186 e. The molecular formula is C59H100O42. The summed E-state index contributed by atoms with van der Waals surface area (Å²) in [6.07, 6.45) is -63.9. The highest BCUT2D eigenvalue weighted by molar-refractivity contribution is 5.72. The van der Waals surface area contributed by atoms with E-state index in [4.69, 9.17) is 71.1 Å². The van der Waals surface area contributed by atoms with Crippen LogP contribution < -0.4 is 0 Å². The summed E-state index contributed by atoms with van der Waals surface area (Å²) >= 11 is 0. The molecule has 7 saturated heterocycles. The number of aldehydes is 1. The average Bonchev–Trinajstić information content (AvgIpc) is 0.808. The Morgan fingerprint density at radius 2 is 0.554 bits per heavy atom. The summed E-state index contributed by atoms with van der Waals surface area (Å²) in [7, 11) is 0. The van der Waals surface area contributed by atoms with E-state index in [1.165, 1.54) is 0 Å². The minimum atomic E-state index is -1.98. The Bertz CT molecular complexity index is 2470. The SMILES string of the molecule is O=C/C(=C\CCCCO[C@@H]1O[C@H](CO[C@@H]2C[C@H](CO[C@@H]3O[C@H](CO[C@@H]4O[C@H](CO)[C@@H](O)[C@H](O)[C@H]4O)[C@@H](O)[C@H](O)[C@H]3O)[C@@H](O)[C@H](O)[C@H]2O)[C@@H](O)[C@H](O)[C@H]1O)CCCO[C@@H]1O[C@H](CO[C@@H]2O[C@H](CO[C@@H]3O[C@H](CO[C@@H]4O[C@H](CO)[C@@H](O)[C@H](O)[C@H]4O)[C@@H](O)[C@H](O)[C@H]3O)[C@@H](O)[C@H](O)[C@H]2O)[C@@H](O)[C@H](O)[C@H]1O. The summed E-state index contributed by atoms with van der Waals surface area (Å²) < 4.78 is 83.7. The molecule has 26 N–H and O–H groups in total. The Labute approximate surface area is 575 Å². The van der Waals surface area contributed by atoms with E-state index in [0.717, 1.165) is 0 Å². The molecule has 588 valence electrons. The standard InChI is InChI=1S/C59H100O42/c60-10-19(6-4-8-88-54-47(81)42(76)34(68)25(98-54)15-93-58-51(85)45(79)37(71)28(101-58)18-94-59-52(86)44(78)36(70)27(100-59)17-92-57-49(83)40(74)32(66)23(12-62)96-57)5-2-1-3-7-87-53-46(80)41(75)33(67)24(97-53)14-89-21-9-20(29(63)38(72)30(21)64)13-90-55-50(84)43(77)35(69)26(99-55)16-91-56-48(82)39(73)31(65)22(11-61)95-56/h5,10,20-59,61-86H,1-4,6-9,11-18H2/b19-5-/t20-,21-,22-,23-,24-,25-,26-,27-,28-,29-,30+,31-,32-,33-,34-,35-,36-,37-,38+,39+,40+,41+,42+,43+,44+,45+,46-,47-,48-,49-,50-,51-,52-,53-,54-,55-,56-,57-,58-,59-/m1/s1. The number of rotatable bonds is 32. The van der Waals surface area contributed by atoms with Gasteiger partial charge in [-0.25, -0.2) is 0 Å². The van der Waals surface area contributed by atoms with Crippen molar-refractivity contribution in [2.75, 3.05) is 66.1 Å². The molecule has 0 unspecified atom stereocenters. The molecule has 0 aromatic heterocycles. The van der Waals surface area contributed by atoms with Crippen molar-refractivity contribution in [2.45, 2.75) is 278 Å². The second-order valence-corrected chi connectivity index (χ2v) is 26.2. The zero-order valence-corrected chi connectivity index (χ0v) is 54.2. The molecule has 101 heavy (non-hydrogen) atoms. The second kappa shape index (κ2) is 38.7. The number of unbranched alkanes of at least 4 members (excludes halogenated alkanes) is 2. The third-order valence-corrected chi connectivity index (χ3v) is 19.1. The van der Waals surface area contributed by atoms with Gasteiger partial charge in [-0.05, 0) is 44.1 Å². The number of ether oxygens (including phenoxy) is 15. The lowest BCUT2D eigenvalue weighted by Gasteiger charge is -2.44. The van der Waals surface area contributed by atoms with E-state index in [1.54, 1.807) is 6.08 Å². The van der Waals surface area contributed by atoms with Crippen LogP contribution in [-0.2, 0) is 75.8 Å². The topological polar surface area (TPSA) is 682 Å². The Morgan fingerprint density at radius 1 is 0.287 bits per heavy atom. The molecule has 8 aliphatic rings. The molecule has 0 amide bonds. The van der Waals surface area contributed by atoms with Gasteiger partial charge in [-0.15, -0.1) is 0 Å². The van der Waals surface area contributed by atoms with Crippen molar-refractivity contribution in [3.05, 3.63) is 11.6 Å². The predicted molar refractivity (Wildman–Crippen MR) is 316 cm³/mol. The highest BCUT2D eigenvalue weighted by Crippen LogP contribution is 2.35. The van der Waals surface area contributed by atoms with Gasteiger partial charge in [-0.1, -0.05) is 6.08 Å². The molecule has 1 saturated carbocycles. The molecule has 7 aliphatic heterocycles. The fourth-order valence-electron chi connectivity index (χ4n) is 12.6. The fraction of sp³-hybridized carbons (Fsp3) is 0.949. The summed E-state index contributed by atoms with van der Waals surface area (Å²) in [5.74, 6) is -1.08. The molecular weight excluding hydrogens is 1380 g/mol. The van der Waals surface area contributed by atoms with Crippen molar-refractivity contribution in [2.24, 2.45) is 5.92 Å². The summed E-state index contributed by atoms with van der Waals surface area (Å²) in [6.45, 7) is -5.71. The summed E-state index contributed by atoms with van der Waals surface area (Å²) in [5.41, 5.74) is 0.341. The Kier molecular flexibility index (Phi) is 32.4. The molecule has 42 heteroatoms. The van der Waals surface area contributed by atoms with Crippen molar-refractivity contribution in [3.8, 4) is 0 Å². The van der Waals surface area contributed by atoms with Gasteiger partial charge in [-0.3, -0.25) is 4.79 Å². The Balaban J connectivity index is 0.728. The monoisotopic (exact) mass is 1480 g/mol. The first-order valence-corrected chi connectivity index (χ1v) is 33.1. The third kappa shape index (κ3) is 20.4. The third-order valence-electron chi connectivity index (χ3n) is 19.1.